The zero-order chi connectivity index (χ0) is 20.0. The summed E-state index contributed by atoms with van der Waals surface area (Å²) in [4.78, 5) is 25.7. The summed E-state index contributed by atoms with van der Waals surface area (Å²) in [5.41, 5.74) is 4.09. The SMILES string of the molecule is O=c1[nH]c(=S)[nH]c2c1CN(Cc1cn(Cc3cnc(Cl)s3)c3ccccc13)CC2. The molecule has 0 atom stereocenters. The number of fused-ring (bicyclic) bond motifs is 2. The van der Waals surface area contributed by atoms with Crippen LogP contribution in [0.25, 0.3) is 10.9 Å². The molecule has 5 rings (SSSR count). The van der Waals surface area contributed by atoms with Gasteiger partial charge in [-0.15, -0.1) is 11.3 Å². The predicted molar refractivity (Wildman–Crippen MR) is 118 cm³/mol. The van der Waals surface area contributed by atoms with Gasteiger partial charge in [0.05, 0.1) is 12.1 Å². The second-order valence-electron chi connectivity index (χ2n) is 7.20. The van der Waals surface area contributed by atoms with Crippen molar-refractivity contribution in [3.63, 3.8) is 0 Å². The fraction of sp³-hybridized carbons (Fsp3) is 0.250. The molecule has 0 saturated heterocycles. The Morgan fingerprint density at radius 2 is 2.10 bits per heavy atom. The molecule has 1 aliphatic rings. The maximum atomic E-state index is 12.3. The zero-order valence-corrected chi connectivity index (χ0v) is 17.8. The van der Waals surface area contributed by atoms with Gasteiger partial charge in [-0.05, 0) is 23.8 Å². The number of hydrogen-bond acceptors (Lipinski definition) is 5. The molecule has 1 aromatic carbocycles. The number of halogens is 1. The molecular weight excluding hydrogens is 426 g/mol. The van der Waals surface area contributed by atoms with Gasteiger partial charge >= 0.3 is 0 Å². The van der Waals surface area contributed by atoms with E-state index in [1.807, 2.05) is 6.20 Å². The highest BCUT2D eigenvalue weighted by atomic mass is 35.5. The first kappa shape index (κ1) is 18.7. The van der Waals surface area contributed by atoms with E-state index in [0.717, 1.165) is 42.2 Å². The Labute approximate surface area is 180 Å². The van der Waals surface area contributed by atoms with E-state index in [1.54, 1.807) is 0 Å². The number of rotatable bonds is 4. The molecule has 29 heavy (non-hydrogen) atoms. The van der Waals surface area contributed by atoms with E-state index in [2.05, 4.69) is 54.9 Å². The lowest BCUT2D eigenvalue weighted by Crippen LogP contribution is -2.35. The van der Waals surface area contributed by atoms with Gasteiger partial charge in [0, 0.05) is 59.9 Å². The second kappa shape index (κ2) is 7.53. The molecule has 0 spiro atoms. The number of thiazole rings is 1. The molecule has 2 N–H and O–H groups in total. The van der Waals surface area contributed by atoms with E-state index in [-0.39, 0.29) is 5.56 Å². The van der Waals surface area contributed by atoms with Crippen LogP contribution in [0.5, 0.6) is 0 Å². The third kappa shape index (κ3) is 3.69. The number of para-hydroxylation sites is 1. The van der Waals surface area contributed by atoms with Crippen molar-refractivity contribution in [1.29, 1.82) is 0 Å². The lowest BCUT2D eigenvalue weighted by Gasteiger charge is -2.27. The van der Waals surface area contributed by atoms with Crippen LogP contribution in [0, 0.1) is 4.77 Å². The van der Waals surface area contributed by atoms with Crippen molar-refractivity contribution in [3.8, 4) is 0 Å². The van der Waals surface area contributed by atoms with Crippen molar-refractivity contribution in [2.75, 3.05) is 6.54 Å². The molecule has 0 saturated carbocycles. The molecule has 9 heteroatoms. The van der Waals surface area contributed by atoms with Crippen LogP contribution in [0.4, 0.5) is 0 Å². The van der Waals surface area contributed by atoms with Crippen LogP contribution in [0.1, 0.15) is 21.7 Å². The van der Waals surface area contributed by atoms with Gasteiger partial charge in [0.2, 0.25) is 0 Å². The molecule has 0 bridgehead atoms. The first-order valence-corrected chi connectivity index (χ1v) is 10.9. The average molecular weight is 444 g/mol. The van der Waals surface area contributed by atoms with E-state index in [1.165, 1.54) is 27.8 Å². The molecule has 148 valence electrons. The Kier molecular flexibility index (Phi) is 4.87. The Hall–Kier alpha value is -2.26. The van der Waals surface area contributed by atoms with Crippen LogP contribution in [0.3, 0.4) is 0 Å². The topological polar surface area (TPSA) is 69.7 Å². The summed E-state index contributed by atoms with van der Waals surface area (Å²) in [5.74, 6) is 0. The Morgan fingerprint density at radius 3 is 2.93 bits per heavy atom. The number of benzene rings is 1. The highest BCUT2D eigenvalue weighted by molar-refractivity contribution is 7.71. The summed E-state index contributed by atoms with van der Waals surface area (Å²) in [6.45, 7) is 3.02. The van der Waals surface area contributed by atoms with E-state index in [4.69, 9.17) is 23.8 Å². The van der Waals surface area contributed by atoms with E-state index < -0.39 is 0 Å². The lowest BCUT2D eigenvalue weighted by atomic mass is 10.1. The first-order valence-electron chi connectivity index (χ1n) is 9.30. The molecule has 0 unspecified atom stereocenters. The Morgan fingerprint density at radius 1 is 1.24 bits per heavy atom. The van der Waals surface area contributed by atoms with E-state index in [9.17, 15) is 4.79 Å². The van der Waals surface area contributed by atoms with Gasteiger partial charge in [0.1, 0.15) is 0 Å². The first-order chi connectivity index (χ1) is 14.1. The van der Waals surface area contributed by atoms with E-state index >= 15 is 0 Å². The highest BCUT2D eigenvalue weighted by Gasteiger charge is 2.21. The molecule has 3 aromatic heterocycles. The van der Waals surface area contributed by atoms with Crippen LogP contribution in [0.15, 0.2) is 41.5 Å². The molecule has 0 radical (unpaired) electrons. The summed E-state index contributed by atoms with van der Waals surface area (Å²) < 4.78 is 3.21. The fourth-order valence-electron chi connectivity index (χ4n) is 3.99. The number of nitrogens with one attached hydrogen (secondary N) is 2. The van der Waals surface area contributed by atoms with Gasteiger partial charge in [-0.2, -0.15) is 0 Å². The zero-order valence-electron chi connectivity index (χ0n) is 15.4. The quantitative estimate of drug-likeness (QED) is 0.466. The van der Waals surface area contributed by atoms with Crippen molar-refractivity contribution in [2.24, 2.45) is 0 Å². The molecule has 0 aliphatic carbocycles. The molecule has 0 amide bonds. The minimum Gasteiger partial charge on any atom is -0.342 e. The Balaban J connectivity index is 1.45. The Bertz CT molecular complexity index is 1320. The third-order valence-corrected chi connectivity index (χ3v) is 6.61. The molecule has 6 nitrogen and oxygen atoms in total. The van der Waals surface area contributed by atoms with Crippen LogP contribution in [-0.4, -0.2) is 31.0 Å². The fourth-order valence-corrected chi connectivity index (χ4v) is 5.19. The average Bonchev–Trinajstić information content (AvgIpc) is 3.26. The number of aromatic amines is 2. The standard InChI is InChI=1S/C20H18ClN5OS2/c21-19-22-7-13(29-19)10-26-9-12(14-3-1-2-4-17(14)26)8-25-6-5-16-15(11-25)18(27)24-20(28)23-16/h1-4,7,9H,5-6,8,10-11H2,(H2,23,24,27,28). The second-order valence-corrected chi connectivity index (χ2v) is 9.31. The predicted octanol–water partition coefficient (Wildman–Crippen LogP) is 4.10. The van der Waals surface area contributed by atoms with Crippen LogP contribution in [-0.2, 0) is 26.1 Å². The van der Waals surface area contributed by atoms with E-state index in [0.29, 0.717) is 15.8 Å². The molecule has 1 aliphatic heterocycles. The number of aromatic nitrogens is 4. The van der Waals surface area contributed by atoms with Crippen molar-refractivity contribution in [3.05, 3.63) is 77.9 Å². The van der Waals surface area contributed by atoms with Crippen LogP contribution in [0.2, 0.25) is 4.47 Å². The molecule has 4 heterocycles. The van der Waals surface area contributed by atoms with Crippen LogP contribution >= 0.6 is 35.2 Å². The molecule has 4 aromatic rings. The number of H-pyrrole nitrogens is 2. The van der Waals surface area contributed by atoms with Crippen molar-refractivity contribution >= 4 is 46.1 Å². The van der Waals surface area contributed by atoms with Gasteiger partial charge in [0.25, 0.3) is 5.56 Å². The van der Waals surface area contributed by atoms with Crippen molar-refractivity contribution in [1.82, 2.24) is 24.4 Å². The summed E-state index contributed by atoms with van der Waals surface area (Å²) in [6.07, 6.45) is 4.83. The number of hydrogen-bond donors (Lipinski definition) is 2. The van der Waals surface area contributed by atoms with Gasteiger partial charge < -0.3 is 9.55 Å². The van der Waals surface area contributed by atoms with Gasteiger partial charge in [-0.1, -0.05) is 29.8 Å². The van der Waals surface area contributed by atoms with Gasteiger partial charge in [-0.25, -0.2) is 4.98 Å². The summed E-state index contributed by atoms with van der Waals surface area (Å²) in [7, 11) is 0. The largest absolute Gasteiger partial charge is 0.342 e. The van der Waals surface area contributed by atoms with Gasteiger partial charge in [-0.3, -0.25) is 14.7 Å². The summed E-state index contributed by atoms with van der Waals surface area (Å²) in [5, 5.41) is 1.23. The summed E-state index contributed by atoms with van der Waals surface area (Å²) >= 11 is 12.6. The maximum Gasteiger partial charge on any atom is 0.256 e. The maximum absolute atomic E-state index is 12.3. The van der Waals surface area contributed by atoms with Crippen molar-refractivity contribution < 1.29 is 0 Å². The molecule has 0 fully saturated rings. The molecular formula is C20H18ClN5OS2. The smallest absolute Gasteiger partial charge is 0.256 e. The minimum atomic E-state index is -0.0852. The van der Waals surface area contributed by atoms with Crippen LogP contribution < -0.4 is 5.56 Å². The monoisotopic (exact) mass is 443 g/mol. The third-order valence-electron chi connectivity index (χ3n) is 5.31. The highest BCUT2D eigenvalue weighted by Crippen LogP contribution is 2.27. The lowest BCUT2D eigenvalue weighted by molar-refractivity contribution is 0.242. The normalized spacial score (nSPS) is 14.4. The number of nitrogens with zero attached hydrogens (tertiary/aromatic N) is 3. The minimum absolute atomic E-state index is 0.0852. The van der Waals surface area contributed by atoms with Crippen molar-refractivity contribution in [2.45, 2.75) is 26.1 Å². The van der Waals surface area contributed by atoms with Gasteiger partial charge in [0.15, 0.2) is 9.24 Å². The summed E-state index contributed by atoms with van der Waals surface area (Å²) in [6, 6.07) is 8.41.